The Balaban J connectivity index is 2.58. The highest BCUT2D eigenvalue weighted by molar-refractivity contribution is 9.10. The van der Waals surface area contributed by atoms with E-state index >= 15 is 0 Å². The molecule has 0 bridgehead atoms. The van der Waals surface area contributed by atoms with Gasteiger partial charge in [-0.1, -0.05) is 22.9 Å². The van der Waals surface area contributed by atoms with Crippen molar-refractivity contribution in [1.29, 1.82) is 0 Å². The van der Waals surface area contributed by atoms with Crippen LogP contribution < -0.4 is 0 Å². The molecular weight excluding hydrogens is 308 g/mol. The molecule has 1 aromatic carbocycles. The lowest BCUT2D eigenvalue weighted by atomic mass is 10.2. The van der Waals surface area contributed by atoms with E-state index in [9.17, 15) is 4.39 Å². The summed E-state index contributed by atoms with van der Waals surface area (Å²) in [5.41, 5.74) is 0.359. The summed E-state index contributed by atoms with van der Waals surface area (Å²) in [5.74, 6) is 0.307. The summed E-state index contributed by atoms with van der Waals surface area (Å²) >= 11 is 9.25. The second-order valence-corrected chi connectivity index (χ2v) is 4.82. The average Bonchev–Trinajstić information content (AvgIpc) is 2.64. The standard InChI is InChI=1S/C11H10BrClFN3/c1-2-3-10-15-16-11(13)17(10)9-6-7(12)4-5-8(9)14/h4-6H,2-3H2,1H3. The molecule has 90 valence electrons. The number of benzene rings is 1. The van der Waals surface area contributed by atoms with Gasteiger partial charge in [-0.2, -0.15) is 0 Å². The lowest BCUT2D eigenvalue weighted by Crippen LogP contribution is -2.03. The van der Waals surface area contributed by atoms with Crippen LogP contribution in [0.4, 0.5) is 4.39 Å². The number of nitrogens with zero attached hydrogens (tertiary/aromatic N) is 3. The van der Waals surface area contributed by atoms with Crippen LogP contribution in [-0.2, 0) is 6.42 Å². The molecule has 0 aliphatic carbocycles. The molecule has 2 aromatic rings. The maximum atomic E-state index is 13.8. The topological polar surface area (TPSA) is 30.7 Å². The monoisotopic (exact) mass is 317 g/mol. The highest BCUT2D eigenvalue weighted by Gasteiger charge is 2.15. The van der Waals surface area contributed by atoms with E-state index in [1.54, 1.807) is 12.1 Å². The molecular formula is C11H10BrClFN3. The molecule has 0 atom stereocenters. The molecule has 0 saturated heterocycles. The number of aromatic nitrogens is 3. The predicted molar refractivity (Wildman–Crippen MR) is 68.0 cm³/mol. The van der Waals surface area contributed by atoms with Crippen LogP contribution in [0.5, 0.6) is 0 Å². The van der Waals surface area contributed by atoms with Crippen molar-refractivity contribution in [2.75, 3.05) is 0 Å². The zero-order valence-corrected chi connectivity index (χ0v) is 11.5. The minimum atomic E-state index is -0.354. The summed E-state index contributed by atoms with van der Waals surface area (Å²) < 4.78 is 16.1. The molecule has 17 heavy (non-hydrogen) atoms. The molecule has 0 aliphatic heterocycles. The summed E-state index contributed by atoms with van der Waals surface area (Å²) in [6.07, 6.45) is 1.59. The first-order valence-electron chi connectivity index (χ1n) is 5.18. The minimum absolute atomic E-state index is 0.172. The number of aryl methyl sites for hydroxylation is 1. The third-order valence-corrected chi connectivity index (χ3v) is 3.05. The normalized spacial score (nSPS) is 10.8. The van der Waals surface area contributed by atoms with Crippen molar-refractivity contribution in [2.24, 2.45) is 0 Å². The largest absolute Gasteiger partial charge is 0.267 e. The molecule has 0 fully saturated rings. The molecule has 0 amide bonds. The zero-order chi connectivity index (χ0) is 12.4. The molecule has 0 radical (unpaired) electrons. The SMILES string of the molecule is CCCc1nnc(Cl)n1-c1cc(Br)ccc1F. The summed E-state index contributed by atoms with van der Waals surface area (Å²) in [6, 6.07) is 4.67. The number of hydrogen-bond acceptors (Lipinski definition) is 2. The Morgan fingerprint density at radius 2 is 2.18 bits per heavy atom. The van der Waals surface area contributed by atoms with E-state index in [1.165, 1.54) is 10.6 Å². The summed E-state index contributed by atoms with van der Waals surface area (Å²) in [4.78, 5) is 0. The first-order valence-corrected chi connectivity index (χ1v) is 6.35. The number of halogens is 3. The van der Waals surface area contributed by atoms with Crippen molar-refractivity contribution < 1.29 is 4.39 Å². The van der Waals surface area contributed by atoms with E-state index in [1.807, 2.05) is 6.92 Å². The van der Waals surface area contributed by atoms with Gasteiger partial charge in [0, 0.05) is 10.9 Å². The van der Waals surface area contributed by atoms with Gasteiger partial charge in [0.1, 0.15) is 11.6 Å². The third kappa shape index (κ3) is 2.50. The van der Waals surface area contributed by atoms with Gasteiger partial charge in [-0.05, 0) is 36.2 Å². The molecule has 6 heteroatoms. The van der Waals surface area contributed by atoms with Crippen molar-refractivity contribution in [2.45, 2.75) is 19.8 Å². The Morgan fingerprint density at radius 1 is 1.41 bits per heavy atom. The van der Waals surface area contributed by atoms with Gasteiger partial charge in [0.15, 0.2) is 0 Å². The van der Waals surface area contributed by atoms with E-state index in [0.29, 0.717) is 17.9 Å². The van der Waals surface area contributed by atoms with E-state index < -0.39 is 0 Å². The van der Waals surface area contributed by atoms with Crippen molar-refractivity contribution in [3.63, 3.8) is 0 Å². The van der Waals surface area contributed by atoms with Crippen molar-refractivity contribution in [3.8, 4) is 5.69 Å². The van der Waals surface area contributed by atoms with Gasteiger partial charge in [-0.15, -0.1) is 10.2 Å². The Labute approximate surface area is 112 Å². The highest BCUT2D eigenvalue weighted by atomic mass is 79.9. The van der Waals surface area contributed by atoms with Crippen LogP contribution in [0.1, 0.15) is 19.2 Å². The summed E-state index contributed by atoms with van der Waals surface area (Å²) in [5, 5.41) is 7.90. The van der Waals surface area contributed by atoms with Crippen LogP contribution >= 0.6 is 27.5 Å². The second-order valence-electron chi connectivity index (χ2n) is 3.57. The van der Waals surface area contributed by atoms with Crippen LogP contribution in [0.25, 0.3) is 5.69 Å². The molecule has 0 saturated carbocycles. The van der Waals surface area contributed by atoms with Crippen molar-refractivity contribution in [3.05, 3.63) is 39.6 Å². The van der Waals surface area contributed by atoms with Gasteiger partial charge in [-0.3, -0.25) is 4.57 Å². The van der Waals surface area contributed by atoms with E-state index in [0.717, 1.165) is 10.9 Å². The minimum Gasteiger partial charge on any atom is -0.267 e. The molecule has 0 spiro atoms. The van der Waals surface area contributed by atoms with E-state index in [2.05, 4.69) is 26.1 Å². The molecule has 2 rings (SSSR count). The van der Waals surface area contributed by atoms with Gasteiger partial charge in [0.2, 0.25) is 5.28 Å². The molecule has 3 nitrogen and oxygen atoms in total. The fourth-order valence-electron chi connectivity index (χ4n) is 1.58. The van der Waals surface area contributed by atoms with Crippen LogP contribution in [0, 0.1) is 5.82 Å². The summed E-state index contributed by atoms with van der Waals surface area (Å²) in [7, 11) is 0. The zero-order valence-electron chi connectivity index (χ0n) is 9.12. The maximum Gasteiger partial charge on any atom is 0.229 e. The van der Waals surface area contributed by atoms with Crippen LogP contribution in [0.2, 0.25) is 5.28 Å². The molecule has 0 aliphatic rings. The second kappa shape index (κ2) is 5.14. The Hall–Kier alpha value is -0.940. The third-order valence-electron chi connectivity index (χ3n) is 2.31. The van der Waals surface area contributed by atoms with Gasteiger partial charge >= 0.3 is 0 Å². The van der Waals surface area contributed by atoms with Crippen LogP contribution in [-0.4, -0.2) is 14.8 Å². The van der Waals surface area contributed by atoms with Crippen molar-refractivity contribution >= 4 is 27.5 Å². The first kappa shape index (κ1) is 12.5. The van der Waals surface area contributed by atoms with Gasteiger partial charge in [-0.25, -0.2) is 4.39 Å². The lowest BCUT2D eigenvalue weighted by molar-refractivity contribution is 0.614. The number of rotatable bonds is 3. The van der Waals surface area contributed by atoms with Crippen LogP contribution in [0.15, 0.2) is 22.7 Å². The molecule has 0 unspecified atom stereocenters. The predicted octanol–water partition coefficient (Wildman–Crippen LogP) is 3.77. The quantitative estimate of drug-likeness (QED) is 0.862. The maximum absolute atomic E-state index is 13.8. The molecule has 0 N–H and O–H groups in total. The van der Waals surface area contributed by atoms with Gasteiger partial charge < -0.3 is 0 Å². The van der Waals surface area contributed by atoms with E-state index in [-0.39, 0.29) is 11.1 Å². The van der Waals surface area contributed by atoms with E-state index in [4.69, 9.17) is 11.6 Å². The van der Waals surface area contributed by atoms with Crippen LogP contribution in [0.3, 0.4) is 0 Å². The molecule has 1 heterocycles. The average molecular weight is 319 g/mol. The Morgan fingerprint density at radius 3 is 2.88 bits per heavy atom. The molecule has 1 aromatic heterocycles. The van der Waals surface area contributed by atoms with Gasteiger partial charge in [0.25, 0.3) is 0 Å². The Bertz CT molecular complexity index is 542. The fraction of sp³-hybridized carbons (Fsp3) is 0.273. The Kier molecular flexibility index (Phi) is 3.79. The first-order chi connectivity index (χ1) is 8.13. The lowest BCUT2D eigenvalue weighted by Gasteiger charge is -2.08. The smallest absolute Gasteiger partial charge is 0.229 e. The fourth-order valence-corrected chi connectivity index (χ4v) is 2.15. The summed E-state index contributed by atoms with van der Waals surface area (Å²) in [6.45, 7) is 2.02. The van der Waals surface area contributed by atoms with Crippen molar-refractivity contribution in [1.82, 2.24) is 14.8 Å². The number of hydrogen-bond donors (Lipinski definition) is 0. The highest BCUT2D eigenvalue weighted by Crippen LogP contribution is 2.24. The van der Waals surface area contributed by atoms with Gasteiger partial charge in [0.05, 0.1) is 5.69 Å².